The fourth-order valence-electron chi connectivity index (χ4n) is 2.14. The number of hydrogen-bond acceptors (Lipinski definition) is 2. The molecule has 0 N–H and O–H groups in total. The molecule has 0 saturated carbocycles. The second kappa shape index (κ2) is 5.53. The molecular formula is C14H18OS. The summed E-state index contributed by atoms with van der Waals surface area (Å²) in [4.78, 5) is 12.2. The van der Waals surface area contributed by atoms with Crippen LogP contribution < -0.4 is 0 Å². The van der Waals surface area contributed by atoms with Crippen LogP contribution in [-0.4, -0.2) is 16.8 Å². The molecule has 1 fully saturated rings. The molecule has 0 amide bonds. The predicted molar refractivity (Wildman–Crippen MR) is 70.2 cm³/mol. The summed E-state index contributed by atoms with van der Waals surface area (Å²) in [5, 5.41) is 0.219. The van der Waals surface area contributed by atoms with Gasteiger partial charge in [-0.15, -0.1) is 0 Å². The maximum Gasteiger partial charge on any atom is 0.175 e. The first-order chi connectivity index (χ1) is 7.81. The molecule has 0 radical (unpaired) electrons. The number of thioether (sulfide) groups is 1. The Labute approximate surface area is 102 Å². The Bertz CT molecular complexity index is 367. The molecule has 16 heavy (non-hydrogen) atoms. The first kappa shape index (κ1) is 11.7. The van der Waals surface area contributed by atoms with Crippen LogP contribution in [0.2, 0.25) is 0 Å². The second-order valence-electron chi connectivity index (χ2n) is 4.32. The summed E-state index contributed by atoms with van der Waals surface area (Å²) in [7, 11) is 0. The predicted octanol–water partition coefficient (Wildman–Crippen LogP) is 3.72. The lowest BCUT2D eigenvalue weighted by molar-refractivity contribution is 0.0988. The molecule has 1 atom stereocenters. The van der Waals surface area contributed by atoms with E-state index in [4.69, 9.17) is 0 Å². The van der Waals surface area contributed by atoms with Crippen LogP contribution >= 0.6 is 11.8 Å². The molecule has 2 rings (SSSR count). The van der Waals surface area contributed by atoms with Crippen LogP contribution in [0.25, 0.3) is 0 Å². The van der Waals surface area contributed by atoms with Crippen molar-refractivity contribution in [3.05, 3.63) is 35.4 Å². The van der Waals surface area contributed by atoms with Crippen molar-refractivity contribution < 1.29 is 4.79 Å². The van der Waals surface area contributed by atoms with Gasteiger partial charge in [0.25, 0.3) is 0 Å². The molecule has 1 aliphatic rings. The third-order valence-electron chi connectivity index (χ3n) is 2.97. The molecule has 1 saturated heterocycles. The van der Waals surface area contributed by atoms with Gasteiger partial charge in [0.05, 0.1) is 5.25 Å². The van der Waals surface area contributed by atoms with Gasteiger partial charge in [0.15, 0.2) is 5.78 Å². The minimum Gasteiger partial charge on any atom is -0.293 e. The summed E-state index contributed by atoms with van der Waals surface area (Å²) in [5.41, 5.74) is 2.20. The van der Waals surface area contributed by atoms with Gasteiger partial charge >= 0.3 is 0 Å². The van der Waals surface area contributed by atoms with Gasteiger partial charge in [0.1, 0.15) is 0 Å². The van der Waals surface area contributed by atoms with Gasteiger partial charge in [-0.1, -0.05) is 31.5 Å². The molecule has 86 valence electrons. The zero-order chi connectivity index (χ0) is 11.4. The SMILES string of the molecule is CCCc1cccc(C(=O)C2CCCS2)c1. The molecule has 0 aliphatic carbocycles. The van der Waals surface area contributed by atoms with E-state index in [1.54, 1.807) is 0 Å². The average molecular weight is 234 g/mol. The Morgan fingerprint density at radius 1 is 1.50 bits per heavy atom. The normalized spacial score (nSPS) is 19.9. The summed E-state index contributed by atoms with van der Waals surface area (Å²) < 4.78 is 0. The molecule has 0 spiro atoms. The Morgan fingerprint density at radius 2 is 2.38 bits per heavy atom. The van der Waals surface area contributed by atoms with E-state index in [9.17, 15) is 4.79 Å². The number of hydrogen-bond donors (Lipinski definition) is 0. The molecule has 1 aliphatic heterocycles. The summed E-state index contributed by atoms with van der Waals surface area (Å²) >= 11 is 1.81. The van der Waals surface area contributed by atoms with E-state index in [2.05, 4.69) is 19.1 Å². The van der Waals surface area contributed by atoms with E-state index < -0.39 is 0 Å². The van der Waals surface area contributed by atoms with Gasteiger partial charge in [-0.05, 0) is 36.6 Å². The van der Waals surface area contributed by atoms with E-state index in [-0.39, 0.29) is 5.25 Å². The molecule has 0 bridgehead atoms. The zero-order valence-electron chi connectivity index (χ0n) is 9.74. The third kappa shape index (κ3) is 2.67. The van der Waals surface area contributed by atoms with Crippen LogP contribution in [-0.2, 0) is 6.42 Å². The molecule has 1 aromatic carbocycles. The largest absolute Gasteiger partial charge is 0.293 e. The van der Waals surface area contributed by atoms with Crippen molar-refractivity contribution in [2.75, 3.05) is 5.75 Å². The summed E-state index contributed by atoms with van der Waals surface area (Å²) in [6, 6.07) is 8.16. The van der Waals surface area contributed by atoms with E-state index in [1.165, 1.54) is 12.0 Å². The topological polar surface area (TPSA) is 17.1 Å². The highest BCUT2D eigenvalue weighted by Crippen LogP contribution is 2.29. The summed E-state index contributed by atoms with van der Waals surface area (Å²) in [6.45, 7) is 2.17. The highest BCUT2D eigenvalue weighted by molar-refractivity contribution is 8.00. The average Bonchev–Trinajstić information content (AvgIpc) is 2.82. The first-order valence-corrected chi connectivity index (χ1v) is 7.11. The highest BCUT2D eigenvalue weighted by atomic mass is 32.2. The number of benzene rings is 1. The Hall–Kier alpha value is -0.760. The van der Waals surface area contributed by atoms with E-state index >= 15 is 0 Å². The number of aryl methyl sites for hydroxylation is 1. The van der Waals surface area contributed by atoms with Crippen LogP contribution in [0.3, 0.4) is 0 Å². The van der Waals surface area contributed by atoms with Crippen LogP contribution in [0, 0.1) is 0 Å². The van der Waals surface area contributed by atoms with Crippen LogP contribution in [0.4, 0.5) is 0 Å². The lowest BCUT2D eigenvalue weighted by Gasteiger charge is -2.08. The van der Waals surface area contributed by atoms with Gasteiger partial charge in [0, 0.05) is 5.56 Å². The maximum absolute atomic E-state index is 12.2. The highest BCUT2D eigenvalue weighted by Gasteiger charge is 2.24. The number of ketones is 1. The molecule has 1 aromatic rings. The monoisotopic (exact) mass is 234 g/mol. The van der Waals surface area contributed by atoms with Crippen LogP contribution in [0.1, 0.15) is 42.1 Å². The summed E-state index contributed by atoms with van der Waals surface area (Å²) in [5.74, 6) is 1.48. The maximum atomic E-state index is 12.2. The Morgan fingerprint density at radius 3 is 3.06 bits per heavy atom. The van der Waals surface area contributed by atoms with Gasteiger partial charge < -0.3 is 0 Å². The Balaban J connectivity index is 2.12. The second-order valence-corrected chi connectivity index (χ2v) is 5.63. The number of carbonyl (C=O) groups excluding carboxylic acids is 1. The number of carbonyl (C=O) groups is 1. The van der Waals surface area contributed by atoms with Crippen molar-refractivity contribution in [3.8, 4) is 0 Å². The minimum absolute atomic E-state index is 0.219. The van der Waals surface area contributed by atoms with E-state index in [0.29, 0.717) is 5.78 Å². The zero-order valence-corrected chi connectivity index (χ0v) is 10.6. The first-order valence-electron chi connectivity index (χ1n) is 6.06. The Kier molecular flexibility index (Phi) is 4.05. The standard InChI is InChI=1S/C14H18OS/c1-2-5-11-6-3-7-12(10-11)14(15)13-8-4-9-16-13/h3,6-7,10,13H,2,4-5,8-9H2,1H3. The fourth-order valence-corrected chi connectivity index (χ4v) is 3.38. The van der Waals surface area contributed by atoms with Gasteiger partial charge in [0.2, 0.25) is 0 Å². The molecule has 1 heterocycles. The van der Waals surface area contributed by atoms with Crippen molar-refractivity contribution in [2.45, 2.75) is 37.9 Å². The van der Waals surface area contributed by atoms with Crippen molar-refractivity contribution in [1.29, 1.82) is 0 Å². The van der Waals surface area contributed by atoms with Crippen LogP contribution in [0.5, 0.6) is 0 Å². The van der Waals surface area contributed by atoms with E-state index in [0.717, 1.165) is 30.6 Å². The lowest BCUT2D eigenvalue weighted by atomic mass is 10.0. The third-order valence-corrected chi connectivity index (χ3v) is 4.35. The fraction of sp³-hybridized carbons (Fsp3) is 0.500. The molecule has 2 heteroatoms. The smallest absolute Gasteiger partial charge is 0.175 e. The quantitative estimate of drug-likeness (QED) is 0.739. The van der Waals surface area contributed by atoms with Gasteiger partial charge in [-0.2, -0.15) is 11.8 Å². The molecule has 1 unspecified atom stereocenters. The number of rotatable bonds is 4. The van der Waals surface area contributed by atoms with E-state index in [1.807, 2.05) is 23.9 Å². The molecule has 0 aromatic heterocycles. The minimum atomic E-state index is 0.219. The van der Waals surface area contributed by atoms with Gasteiger partial charge in [-0.3, -0.25) is 4.79 Å². The lowest BCUT2D eigenvalue weighted by Crippen LogP contribution is -2.14. The van der Waals surface area contributed by atoms with Crippen molar-refractivity contribution >= 4 is 17.5 Å². The number of Topliss-reactive ketones (excluding diaryl/α,β-unsaturated/α-hetero) is 1. The van der Waals surface area contributed by atoms with Crippen molar-refractivity contribution in [1.82, 2.24) is 0 Å². The molecular weight excluding hydrogens is 216 g/mol. The van der Waals surface area contributed by atoms with Crippen molar-refractivity contribution in [2.24, 2.45) is 0 Å². The summed E-state index contributed by atoms with van der Waals surface area (Å²) in [6.07, 6.45) is 4.45. The molecule has 1 nitrogen and oxygen atoms in total. The van der Waals surface area contributed by atoms with Gasteiger partial charge in [-0.25, -0.2) is 0 Å². The van der Waals surface area contributed by atoms with Crippen molar-refractivity contribution in [3.63, 3.8) is 0 Å². The van der Waals surface area contributed by atoms with Crippen LogP contribution in [0.15, 0.2) is 24.3 Å².